The molecule has 0 radical (unpaired) electrons. The molecular formula is C12H13ClN2O2S. The molecule has 0 aliphatic carbocycles. The van der Waals surface area contributed by atoms with Gasteiger partial charge in [0.25, 0.3) is 0 Å². The molecule has 1 aromatic rings. The first kappa shape index (κ1) is 13.4. The Morgan fingerprint density at radius 1 is 1.50 bits per heavy atom. The Morgan fingerprint density at radius 2 is 2.22 bits per heavy atom. The van der Waals surface area contributed by atoms with E-state index in [4.69, 9.17) is 16.3 Å². The number of para-hydroxylation sites is 1. The number of rotatable bonds is 3. The minimum atomic E-state index is -0.630. The average Bonchev–Trinajstić information content (AvgIpc) is 2.58. The summed E-state index contributed by atoms with van der Waals surface area (Å²) in [5.41, 5.74) is 0.642. The Morgan fingerprint density at radius 3 is 2.89 bits per heavy atom. The summed E-state index contributed by atoms with van der Waals surface area (Å²) in [6.07, 6.45) is 0. The van der Waals surface area contributed by atoms with Gasteiger partial charge in [-0.1, -0.05) is 35.5 Å². The summed E-state index contributed by atoms with van der Waals surface area (Å²) in [5, 5.41) is 3.84. The van der Waals surface area contributed by atoms with Crippen LogP contribution in [0, 0.1) is 0 Å². The summed E-state index contributed by atoms with van der Waals surface area (Å²) >= 11 is 7.37. The van der Waals surface area contributed by atoms with Crippen LogP contribution in [0.15, 0.2) is 29.3 Å². The molecule has 1 aliphatic rings. The van der Waals surface area contributed by atoms with Crippen molar-refractivity contribution in [3.63, 3.8) is 0 Å². The number of benzene rings is 1. The summed E-state index contributed by atoms with van der Waals surface area (Å²) < 4.78 is 4.43. The fourth-order valence-electron chi connectivity index (χ4n) is 1.59. The van der Waals surface area contributed by atoms with Crippen molar-refractivity contribution in [2.75, 3.05) is 13.7 Å². The Hall–Kier alpha value is -1.04. The highest BCUT2D eigenvalue weighted by Gasteiger charge is 2.42. The van der Waals surface area contributed by atoms with E-state index in [9.17, 15) is 4.79 Å². The molecule has 0 aromatic heterocycles. The average molecular weight is 285 g/mol. The normalized spacial score (nSPS) is 25.5. The maximum Gasteiger partial charge on any atom is 0.244 e. The van der Waals surface area contributed by atoms with E-state index in [0.29, 0.717) is 22.5 Å². The third-order valence-electron chi connectivity index (χ3n) is 2.52. The zero-order chi connectivity index (χ0) is 13.2. The standard InChI is InChI=1S/C12H13ClN2O2S/c1-12(7-17-2)10(16)15-11(18-12)14-9-6-4-3-5-8(9)13/h3-6H,7H2,1-2H3,(H,14,15,16). The zero-order valence-corrected chi connectivity index (χ0v) is 11.6. The second-order valence-electron chi connectivity index (χ2n) is 4.09. The summed E-state index contributed by atoms with van der Waals surface area (Å²) in [4.78, 5) is 16.2. The van der Waals surface area contributed by atoms with Crippen LogP contribution in [0.3, 0.4) is 0 Å². The molecule has 6 heteroatoms. The summed E-state index contributed by atoms with van der Waals surface area (Å²) in [5.74, 6) is -0.0971. The van der Waals surface area contributed by atoms with Crippen LogP contribution in [0.4, 0.5) is 5.69 Å². The molecule has 1 N–H and O–H groups in total. The van der Waals surface area contributed by atoms with Crippen LogP contribution in [0.25, 0.3) is 0 Å². The maximum atomic E-state index is 11.8. The van der Waals surface area contributed by atoms with E-state index in [1.54, 1.807) is 19.2 Å². The van der Waals surface area contributed by atoms with Gasteiger partial charge in [0, 0.05) is 7.11 Å². The van der Waals surface area contributed by atoms with Crippen LogP contribution in [0.2, 0.25) is 5.02 Å². The molecule has 1 unspecified atom stereocenters. The number of amidine groups is 1. The topological polar surface area (TPSA) is 50.7 Å². The second-order valence-corrected chi connectivity index (χ2v) is 5.99. The number of amides is 1. The molecule has 18 heavy (non-hydrogen) atoms. The van der Waals surface area contributed by atoms with Gasteiger partial charge in [-0.05, 0) is 19.1 Å². The summed E-state index contributed by atoms with van der Waals surface area (Å²) in [6.45, 7) is 2.16. The van der Waals surface area contributed by atoms with Crippen molar-refractivity contribution in [1.29, 1.82) is 0 Å². The van der Waals surface area contributed by atoms with Crippen LogP contribution >= 0.6 is 23.4 Å². The molecule has 0 spiro atoms. The predicted molar refractivity (Wildman–Crippen MR) is 74.6 cm³/mol. The van der Waals surface area contributed by atoms with Gasteiger partial charge in [0.1, 0.15) is 4.75 Å². The Labute approximate surface area is 115 Å². The van der Waals surface area contributed by atoms with Gasteiger partial charge < -0.3 is 10.1 Å². The number of carbonyl (C=O) groups excluding carboxylic acids is 1. The predicted octanol–water partition coefficient (Wildman–Crippen LogP) is 2.60. The number of aliphatic imine (C=N–C) groups is 1. The largest absolute Gasteiger partial charge is 0.383 e. The molecule has 1 saturated heterocycles. The zero-order valence-electron chi connectivity index (χ0n) is 10.1. The Balaban J connectivity index is 2.23. The SMILES string of the molecule is COCC1(C)SC(=Nc2ccccc2Cl)NC1=O. The van der Waals surface area contributed by atoms with Gasteiger partial charge >= 0.3 is 0 Å². The van der Waals surface area contributed by atoms with Crippen LogP contribution in [0.5, 0.6) is 0 Å². The minimum absolute atomic E-state index is 0.0971. The van der Waals surface area contributed by atoms with Gasteiger partial charge in [0.15, 0.2) is 5.17 Å². The summed E-state index contributed by atoms with van der Waals surface area (Å²) in [6, 6.07) is 7.24. The maximum absolute atomic E-state index is 11.8. The van der Waals surface area contributed by atoms with Crippen LogP contribution < -0.4 is 5.32 Å². The van der Waals surface area contributed by atoms with E-state index < -0.39 is 4.75 Å². The molecule has 96 valence electrons. The van der Waals surface area contributed by atoms with Crippen molar-refractivity contribution >= 4 is 40.1 Å². The second kappa shape index (κ2) is 5.30. The highest BCUT2D eigenvalue weighted by molar-refractivity contribution is 8.16. The molecule has 1 fully saturated rings. The number of hydrogen-bond acceptors (Lipinski definition) is 4. The Kier molecular flexibility index (Phi) is 3.94. The highest BCUT2D eigenvalue weighted by atomic mass is 35.5. The third-order valence-corrected chi connectivity index (χ3v) is 3.98. The van der Waals surface area contributed by atoms with Gasteiger partial charge in [-0.3, -0.25) is 4.79 Å². The highest BCUT2D eigenvalue weighted by Crippen LogP contribution is 2.34. The number of nitrogens with one attached hydrogen (secondary N) is 1. The van der Waals surface area contributed by atoms with Gasteiger partial charge in [0.05, 0.1) is 17.3 Å². The molecule has 0 bridgehead atoms. The van der Waals surface area contributed by atoms with Gasteiger partial charge in [-0.2, -0.15) is 0 Å². The van der Waals surface area contributed by atoms with Crippen molar-refractivity contribution in [1.82, 2.24) is 5.32 Å². The molecule has 4 nitrogen and oxygen atoms in total. The lowest BCUT2D eigenvalue weighted by Gasteiger charge is -2.16. The summed E-state index contributed by atoms with van der Waals surface area (Å²) in [7, 11) is 1.57. The van der Waals surface area contributed by atoms with E-state index in [1.165, 1.54) is 11.8 Å². The molecular weight excluding hydrogens is 272 g/mol. The molecule has 1 amide bonds. The molecule has 0 saturated carbocycles. The van der Waals surface area contributed by atoms with Crippen LogP contribution in [0.1, 0.15) is 6.92 Å². The number of ether oxygens (including phenoxy) is 1. The van der Waals surface area contributed by atoms with Gasteiger partial charge in [-0.15, -0.1) is 0 Å². The van der Waals surface area contributed by atoms with Crippen molar-refractivity contribution < 1.29 is 9.53 Å². The number of thioether (sulfide) groups is 1. The molecule has 1 aromatic carbocycles. The van der Waals surface area contributed by atoms with Crippen LogP contribution in [-0.2, 0) is 9.53 Å². The van der Waals surface area contributed by atoms with Crippen LogP contribution in [-0.4, -0.2) is 29.5 Å². The lowest BCUT2D eigenvalue weighted by molar-refractivity contribution is -0.122. The first-order chi connectivity index (χ1) is 8.55. The molecule has 1 heterocycles. The van der Waals surface area contributed by atoms with Crippen molar-refractivity contribution in [3.8, 4) is 0 Å². The first-order valence-corrected chi connectivity index (χ1v) is 6.57. The monoisotopic (exact) mass is 284 g/mol. The minimum Gasteiger partial charge on any atom is -0.383 e. The van der Waals surface area contributed by atoms with Crippen molar-refractivity contribution in [2.45, 2.75) is 11.7 Å². The van der Waals surface area contributed by atoms with E-state index in [1.807, 2.05) is 19.1 Å². The van der Waals surface area contributed by atoms with Gasteiger partial charge in [0.2, 0.25) is 5.91 Å². The van der Waals surface area contributed by atoms with E-state index in [-0.39, 0.29) is 5.91 Å². The molecule has 2 rings (SSSR count). The fourth-order valence-corrected chi connectivity index (χ4v) is 2.80. The molecule has 1 atom stereocenters. The van der Waals surface area contributed by atoms with Crippen molar-refractivity contribution in [2.24, 2.45) is 4.99 Å². The van der Waals surface area contributed by atoms with E-state index in [2.05, 4.69) is 10.3 Å². The number of carbonyl (C=O) groups is 1. The number of halogens is 1. The Bertz CT molecular complexity index is 507. The van der Waals surface area contributed by atoms with Crippen molar-refractivity contribution in [3.05, 3.63) is 29.3 Å². The number of methoxy groups -OCH3 is 1. The first-order valence-electron chi connectivity index (χ1n) is 5.38. The number of hydrogen-bond donors (Lipinski definition) is 1. The van der Waals surface area contributed by atoms with E-state index >= 15 is 0 Å². The van der Waals surface area contributed by atoms with Gasteiger partial charge in [-0.25, -0.2) is 4.99 Å². The quantitative estimate of drug-likeness (QED) is 0.928. The van der Waals surface area contributed by atoms with E-state index in [0.717, 1.165) is 0 Å². The number of nitrogens with zero attached hydrogens (tertiary/aromatic N) is 1. The lowest BCUT2D eigenvalue weighted by Crippen LogP contribution is -2.37. The molecule has 1 aliphatic heterocycles. The smallest absolute Gasteiger partial charge is 0.244 e. The third kappa shape index (κ3) is 2.68. The lowest BCUT2D eigenvalue weighted by atomic mass is 10.2. The fraction of sp³-hybridized carbons (Fsp3) is 0.333.